The van der Waals surface area contributed by atoms with Crippen LogP contribution < -0.4 is 5.32 Å². The third-order valence-electron chi connectivity index (χ3n) is 2.74. The van der Waals surface area contributed by atoms with Crippen molar-refractivity contribution in [1.82, 2.24) is 14.2 Å². The highest BCUT2D eigenvalue weighted by Crippen LogP contribution is 2.20. The Balaban J connectivity index is 1.93. The summed E-state index contributed by atoms with van der Waals surface area (Å²) in [6.07, 6.45) is 0. The molecule has 4 N–H and O–H groups in total. The number of amides is 2. The summed E-state index contributed by atoms with van der Waals surface area (Å²) in [4.78, 5) is 22.9. The van der Waals surface area contributed by atoms with Crippen molar-refractivity contribution in [1.29, 1.82) is 0 Å². The maximum absolute atomic E-state index is 11.6. The molecule has 2 heterocycles. The summed E-state index contributed by atoms with van der Waals surface area (Å²) in [6.45, 7) is -0.812. The molecule has 20 heavy (non-hydrogen) atoms. The second-order valence-electron chi connectivity index (χ2n) is 4.10. The molecular formula is C9H11N3O7S. The highest BCUT2D eigenvalue weighted by atomic mass is 32.2. The standard InChI is InChI=1S/C9H11N3O7S/c13-6(4-11-7(14)1-2-8(11)15)10-5-3-12(9(5)16)20(17,18)19/h1-2,5,14-15H,3-4H2,(H,10,13)(H,17,18,19). The number of hydrogen-bond acceptors (Lipinski definition) is 6. The lowest BCUT2D eigenvalue weighted by Gasteiger charge is -2.35. The first kappa shape index (κ1) is 14.1. The second-order valence-corrected chi connectivity index (χ2v) is 5.44. The Bertz CT molecular complexity index is 646. The van der Waals surface area contributed by atoms with Gasteiger partial charge in [-0.3, -0.25) is 18.7 Å². The van der Waals surface area contributed by atoms with Crippen molar-refractivity contribution in [2.24, 2.45) is 0 Å². The quantitative estimate of drug-likeness (QED) is 0.372. The van der Waals surface area contributed by atoms with Crippen molar-refractivity contribution in [2.75, 3.05) is 6.54 Å². The third kappa shape index (κ3) is 2.53. The number of β-lactam (4-membered cyclic amide) rings is 1. The van der Waals surface area contributed by atoms with Crippen LogP contribution in [0.4, 0.5) is 0 Å². The lowest BCUT2D eigenvalue weighted by atomic mass is 10.1. The van der Waals surface area contributed by atoms with Crippen molar-refractivity contribution in [2.45, 2.75) is 12.6 Å². The largest absolute Gasteiger partial charge is 0.494 e. The summed E-state index contributed by atoms with van der Waals surface area (Å²) < 4.78 is 31.1. The molecule has 10 nitrogen and oxygen atoms in total. The number of carbonyl (C=O) groups is 2. The zero-order chi connectivity index (χ0) is 15.1. The molecule has 1 atom stereocenters. The van der Waals surface area contributed by atoms with Gasteiger partial charge in [0.2, 0.25) is 5.91 Å². The summed E-state index contributed by atoms with van der Waals surface area (Å²) in [5.74, 6) is -2.34. The molecule has 0 radical (unpaired) electrons. The molecular weight excluding hydrogens is 294 g/mol. The molecule has 0 aromatic carbocycles. The molecule has 11 heteroatoms. The van der Waals surface area contributed by atoms with E-state index < -0.39 is 34.7 Å². The lowest BCUT2D eigenvalue weighted by Crippen LogP contribution is -2.65. The number of hydrogen-bond donors (Lipinski definition) is 4. The van der Waals surface area contributed by atoms with E-state index in [-0.39, 0.29) is 22.6 Å². The fourth-order valence-corrected chi connectivity index (χ4v) is 2.39. The summed E-state index contributed by atoms with van der Waals surface area (Å²) >= 11 is 0. The molecule has 2 amide bonds. The van der Waals surface area contributed by atoms with Crippen LogP contribution >= 0.6 is 0 Å². The van der Waals surface area contributed by atoms with Crippen LogP contribution in [0.25, 0.3) is 0 Å². The van der Waals surface area contributed by atoms with Crippen LogP contribution in [-0.2, 0) is 26.4 Å². The minimum Gasteiger partial charge on any atom is -0.494 e. The van der Waals surface area contributed by atoms with Crippen molar-refractivity contribution < 1.29 is 32.8 Å². The van der Waals surface area contributed by atoms with Crippen molar-refractivity contribution in [3.05, 3.63) is 12.1 Å². The minimum atomic E-state index is -4.60. The average Bonchev–Trinajstić information content (AvgIpc) is 2.63. The van der Waals surface area contributed by atoms with Gasteiger partial charge >= 0.3 is 10.3 Å². The number of aromatic nitrogens is 1. The normalized spacial score (nSPS) is 18.8. The Morgan fingerprint density at radius 1 is 1.35 bits per heavy atom. The van der Waals surface area contributed by atoms with Crippen molar-refractivity contribution in [3.63, 3.8) is 0 Å². The number of rotatable bonds is 4. The minimum absolute atomic E-state index is 0.211. The van der Waals surface area contributed by atoms with Crippen molar-refractivity contribution >= 4 is 22.1 Å². The number of carbonyl (C=O) groups excluding carboxylic acids is 2. The molecule has 0 bridgehead atoms. The number of nitrogens with zero attached hydrogens (tertiary/aromatic N) is 2. The van der Waals surface area contributed by atoms with Crippen LogP contribution in [0.1, 0.15) is 0 Å². The highest BCUT2D eigenvalue weighted by molar-refractivity contribution is 7.84. The van der Waals surface area contributed by atoms with Gasteiger partial charge in [0.05, 0.1) is 6.54 Å². The van der Waals surface area contributed by atoms with Crippen LogP contribution in [-0.4, -0.2) is 56.5 Å². The Kier molecular flexibility index (Phi) is 3.31. The van der Waals surface area contributed by atoms with Crippen LogP contribution in [0, 0.1) is 0 Å². The van der Waals surface area contributed by atoms with Crippen LogP contribution in [0.15, 0.2) is 12.1 Å². The van der Waals surface area contributed by atoms with Gasteiger partial charge in [-0.2, -0.15) is 8.42 Å². The first-order valence-electron chi connectivity index (χ1n) is 5.36. The van der Waals surface area contributed by atoms with Gasteiger partial charge in [0, 0.05) is 12.1 Å². The zero-order valence-electron chi connectivity index (χ0n) is 9.92. The summed E-state index contributed by atoms with van der Waals surface area (Å²) in [7, 11) is -4.60. The fourth-order valence-electron chi connectivity index (χ4n) is 1.70. The van der Waals surface area contributed by atoms with E-state index in [4.69, 9.17) is 4.55 Å². The molecule has 0 spiro atoms. The van der Waals surface area contributed by atoms with Gasteiger partial charge in [-0.1, -0.05) is 0 Å². The van der Waals surface area contributed by atoms with Gasteiger partial charge in [0.15, 0.2) is 11.8 Å². The van der Waals surface area contributed by atoms with Crippen LogP contribution in [0.2, 0.25) is 0 Å². The summed E-state index contributed by atoms with van der Waals surface area (Å²) in [5, 5.41) is 20.9. The van der Waals surface area contributed by atoms with Gasteiger partial charge in [-0.15, -0.1) is 0 Å². The monoisotopic (exact) mass is 305 g/mol. The third-order valence-corrected chi connectivity index (χ3v) is 3.63. The molecule has 0 aliphatic carbocycles. The molecule has 2 rings (SSSR count). The first-order valence-corrected chi connectivity index (χ1v) is 6.75. The van der Waals surface area contributed by atoms with Gasteiger partial charge in [0.25, 0.3) is 5.91 Å². The Labute approximate surface area is 113 Å². The number of aromatic hydroxyl groups is 2. The second kappa shape index (κ2) is 4.68. The van der Waals surface area contributed by atoms with Crippen LogP contribution in [0.5, 0.6) is 11.8 Å². The van der Waals surface area contributed by atoms with E-state index in [0.29, 0.717) is 0 Å². The molecule has 1 aliphatic rings. The van der Waals surface area contributed by atoms with E-state index in [9.17, 15) is 28.2 Å². The molecule has 1 fully saturated rings. The molecule has 1 aromatic heterocycles. The maximum atomic E-state index is 11.6. The maximum Gasteiger partial charge on any atom is 0.362 e. The molecule has 1 aromatic rings. The van der Waals surface area contributed by atoms with E-state index in [1.807, 2.05) is 0 Å². The topological polar surface area (TPSA) is 149 Å². The van der Waals surface area contributed by atoms with E-state index >= 15 is 0 Å². The van der Waals surface area contributed by atoms with Crippen molar-refractivity contribution in [3.8, 4) is 11.8 Å². The van der Waals surface area contributed by atoms with E-state index in [0.717, 1.165) is 4.57 Å². The van der Waals surface area contributed by atoms with E-state index in [1.165, 1.54) is 12.1 Å². The van der Waals surface area contributed by atoms with Gasteiger partial charge in [0.1, 0.15) is 12.6 Å². The SMILES string of the molecule is O=C(Cn1c(O)ccc1O)NC1CN(S(=O)(=O)O)C1=O. The number of nitrogens with one attached hydrogen (secondary N) is 1. The van der Waals surface area contributed by atoms with E-state index in [2.05, 4.69) is 5.32 Å². The fraction of sp³-hybridized carbons (Fsp3) is 0.333. The van der Waals surface area contributed by atoms with Gasteiger partial charge in [-0.05, 0) is 0 Å². The van der Waals surface area contributed by atoms with Crippen LogP contribution in [0.3, 0.4) is 0 Å². The predicted molar refractivity (Wildman–Crippen MR) is 63.0 cm³/mol. The zero-order valence-corrected chi connectivity index (χ0v) is 10.7. The Morgan fingerprint density at radius 2 is 1.90 bits per heavy atom. The average molecular weight is 305 g/mol. The molecule has 1 saturated heterocycles. The molecule has 1 unspecified atom stereocenters. The molecule has 1 aliphatic heterocycles. The first-order chi connectivity index (χ1) is 9.20. The summed E-state index contributed by atoms with van der Waals surface area (Å²) in [5.41, 5.74) is 0. The van der Waals surface area contributed by atoms with E-state index in [1.54, 1.807) is 0 Å². The summed E-state index contributed by atoms with van der Waals surface area (Å²) in [6, 6.07) is 1.29. The predicted octanol–water partition coefficient (Wildman–Crippen LogP) is -1.97. The van der Waals surface area contributed by atoms with Gasteiger partial charge < -0.3 is 15.5 Å². The molecule has 110 valence electrons. The Hall–Kier alpha value is -2.27. The molecule has 0 saturated carbocycles. The lowest BCUT2D eigenvalue weighted by molar-refractivity contribution is -0.140. The highest BCUT2D eigenvalue weighted by Gasteiger charge is 2.44. The Morgan fingerprint density at radius 3 is 2.35 bits per heavy atom. The smallest absolute Gasteiger partial charge is 0.362 e. The van der Waals surface area contributed by atoms with Gasteiger partial charge in [-0.25, -0.2) is 4.31 Å².